The monoisotopic (exact) mass is 579 g/mol. The highest BCUT2D eigenvalue weighted by atomic mass is 19.4. The minimum absolute atomic E-state index is 0.0375. The first-order chi connectivity index (χ1) is 20.1. The van der Waals surface area contributed by atoms with Gasteiger partial charge in [0.2, 0.25) is 11.8 Å². The molecule has 0 aliphatic carbocycles. The van der Waals surface area contributed by atoms with Crippen molar-refractivity contribution in [1.29, 1.82) is 0 Å². The Hall–Kier alpha value is -3.81. The molecule has 0 saturated carbocycles. The Morgan fingerprint density at radius 3 is 2.17 bits per heavy atom. The van der Waals surface area contributed by atoms with E-state index in [1.807, 2.05) is 72.2 Å². The van der Waals surface area contributed by atoms with E-state index in [1.165, 1.54) is 12.1 Å². The molecule has 1 N–H and O–H groups in total. The highest BCUT2D eigenvalue weighted by molar-refractivity contribution is 5.89. The Morgan fingerprint density at radius 1 is 1.00 bits per heavy atom. The summed E-state index contributed by atoms with van der Waals surface area (Å²) in [4.78, 5) is 31.4. The van der Waals surface area contributed by atoms with Crippen molar-refractivity contribution >= 4 is 17.5 Å². The molecule has 224 valence electrons. The predicted molar refractivity (Wildman–Crippen MR) is 161 cm³/mol. The second kappa shape index (κ2) is 13.4. The van der Waals surface area contributed by atoms with Gasteiger partial charge in [0.1, 0.15) is 0 Å². The van der Waals surface area contributed by atoms with Crippen molar-refractivity contribution in [3.63, 3.8) is 0 Å². The van der Waals surface area contributed by atoms with Crippen molar-refractivity contribution in [2.24, 2.45) is 5.92 Å². The molecule has 2 amide bonds. The maximum atomic E-state index is 13.9. The lowest BCUT2D eigenvalue weighted by Crippen LogP contribution is -2.55. The molecule has 0 unspecified atom stereocenters. The van der Waals surface area contributed by atoms with Crippen LogP contribution in [0, 0.1) is 5.92 Å². The number of nitrogens with one attached hydrogen (secondary N) is 1. The third kappa shape index (κ3) is 6.97. The first-order valence-corrected chi connectivity index (χ1v) is 14.6. The van der Waals surface area contributed by atoms with Crippen LogP contribution in [0.3, 0.4) is 0 Å². The number of likely N-dealkylation sites (tertiary alicyclic amines) is 1. The fraction of sp³-hybridized carbons (Fsp3) is 0.412. The lowest BCUT2D eigenvalue weighted by molar-refractivity contribution is -0.140. The Balaban J connectivity index is 1.39. The number of carbonyl (C=O) groups is 2. The fourth-order valence-electron chi connectivity index (χ4n) is 6.10. The van der Waals surface area contributed by atoms with Gasteiger partial charge in [-0.25, -0.2) is 0 Å². The molecule has 2 fully saturated rings. The van der Waals surface area contributed by atoms with E-state index >= 15 is 0 Å². The van der Waals surface area contributed by atoms with Gasteiger partial charge in [0.25, 0.3) is 0 Å². The van der Waals surface area contributed by atoms with Crippen molar-refractivity contribution in [3.05, 3.63) is 102 Å². The topological polar surface area (TPSA) is 52.7 Å². The Morgan fingerprint density at radius 2 is 1.62 bits per heavy atom. The molecular formula is C34H40F3N3O2. The van der Waals surface area contributed by atoms with Crippen molar-refractivity contribution in [2.75, 3.05) is 31.1 Å². The van der Waals surface area contributed by atoms with Gasteiger partial charge in [0.15, 0.2) is 0 Å². The quantitative estimate of drug-likeness (QED) is 0.355. The van der Waals surface area contributed by atoms with Gasteiger partial charge in [-0.05, 0) is 74.9 Å². The number of piperidine rings is 2. The molecular weight excluding hydrogens is 539 g/mol. The van der Waals surface area contributed by atoms with Crippen LogP contribution >= 0.6 is 0 Å². The lowest BCUT2D eigenvalue weighted by atomic mass is 9.71. The molecule has 0 spiro atoms. The molecule has 2 aliphatic rings. The van der Waals surface area contributed by atoms with Gasteiger partial charge in [0, 0.05) is 37.8 Å². The molecule has 8 heteroatoms. The van der Waals surface area contributed by atoms with Crippen LogP contribution in [0.2, 0.25) is 0 Å². The maximum absolute atomic E-state index is 13.9. The van der Waals surface area contributed by atoms with E-state index in [0.717, 1.165) is 29.0 Å². The van der Waals surface area contributed by atoms with Crippen molar-refractivity contribution in [2.45, 2.75) is 57.2 Å². The number of carbonyl (C=O) groups excluding carboxylic acids is 2. The summed E-state index contributed by atoms with van der Waals surface area (Å²) in [6.45, 7) is 9.82. The summed E-state index contributed by atoms with van der Waals surface area (Å²) in [7, 11) is 0. The SMILES string of the molecule is C=C/C=C\C(=C/C)[C@H](C)NC(=O)C1(c2ccccc2)CCN(C(=O)C2CCN(c3ccc(C(F)(F)F)cc3)CC2)CC1. The minimum atomic E-state index is -4.36. The molecule has 2 aromatic carbocycles. The van der Waals surface area contributed by atoms with Gasteiger partial charge < -0.3 is 15.1 Å². The summed E-state index contributed by atoms with van der Waals surface area (Å²) in [5.41, 5.74) is 1.28. The summed E-state index contributed by atoms with van der Waals surface area (Å²) in [6, 6.07) is 14.8. The van der Waals surface area contributed by atoms with Crippen molar-refractivity contribution < 1.29 is 22.8 Å². The van der Waals surface area contributed by atoms with Crippen LogP contribution in [0.5, 0.6) is 0 Å². The molecule has 2 aliphatic heterocycles. The first kappa shape index (κ1) is 31.1. The normalized spacial score (nSPS) is 19.0. The summed E-state index contributed by atoms with van der Waals surface area (Å²) < 4.78 is 38.8. The average molecular weight is 580 g/mol. The van der Waals surface area contributed by atoms with Crippen molar-refractivity contribution in [1.82, 2.24) is 10.2 Å². The molecule has 42 heavy (non-hydrogen) atoms. The van der Waals surface area contributed by atoms with E-state index in [4.69, 9.17) is 0 Å². The average Bonchev–Trinajstić information content (AvgIpc) is 3.01. The van der Waals surface area contributed by atoms with Gasteiger partial charge in [-0.3, -0.25) is 9.59 Å². The standard InChI is InChI=1S/C34H40F3N3O2/c1-4-6-10-26(5-2)25(3)38-32(42)33(28-11-8-7-9-12-28)19-23-40(24-20-33)31(41)27-17-21-39(22-18-27)30-15-13-29(14-16-30)34(35,36)37/h4-16,25,27H,1,17-24H2,2-3H3,(H,38,42)/b10-6-,26-5+/t25-/m0/s1. The van der Waals surface area contributed by atoms with E-state index in [-0.39, 0.29) is 23.8 Å². The summed E-state index contributed by atoms with van der Waals surface area (Å²) in [5.74, 6) is -0.0737. The molecule has 2 heterocycles. The third-order valence-electron chi connectivity index (χ3n) is 8.70. The number of hydrogen-bond acceptors (Lipinski definition) is 3. The summed E-state index contributed by atoms with van der Waals surface area (Å²) in [5, 5.41) is 3.22. The van der Waals surface area contributed by atoms with E-state index in [9.17, 15) is 22.8 Å². The molecule has 2 saturated heterocycles. The van der Waals surface area contributed by atoms with Crippen LogP contribution in [0.15, 0.2) is 91.1 Å². The number of benzene rings is 2. The van der Waals surface area contributed by atoms with Crippen LogP contribution in [-0.4, -0.2) is 48.9 Å². The van der Waals surface area contributed by atoms with E-state index in [0.29, 0.717) is 51.9 Å². The van der Waals surface area contributed by atoms with Gasteiger partial charge >= 0.3 is 6.18 Å². The Labute approximate surface area is 246 Å². The van der Waals surface area contributed by atoms with Crippen LogP contribution in [0.1, 0.15) is 50.7 Å². The first-order valence-electron chi connectivity index (χ1n) is 14.6. The van der Waals surface area contributed by atoms with Gasteiger partial charge in [-0.15, -0.1) is 0 Å². The Bertz CT molecular complexity index is 1290. The van der Waals surface area contributed by atoms with Crippen LogP contribution in [0.25, 0.3) is 0 Å². The van der Waals surface area contributed by atoms with Crippen LogP contribution < -0.4 is 10.2 Å². The Kier molecular flexibility index (Phi) is 9.97. The predicted octanol–water partition coefficient (Wildman–Crippen LogP) is 6.68. The van der Waals surface area contributed by atoms with Crippen LogP contribution in [-0.2, 0) is 21.2 Å². The number of hydrogen-bond donors (Lipinski definition) is 1. The molecule has 0 radical (unpaired) electrons. The summed E-state index contributed by atoms with van der Waals surface area (Å²) in [6.07, 6.45) is 5.45. The number of halogens is 3. The zero-order valence-electron chi connectivity index (χ0n) is 24.4. The van der Waals surface area contributed by atoms with Gasteiger partial charge in [-0.1, -0.05) is 61.2 Å². The van der Waals surface area contributed by atoms with E-state index in [2.05, 4.69) is 11.9 Å². The molecule has 1 atom stereocenters. The molecule has 5 nitrogen and oxygen atoms in total. The highest BCUT2D eigenvalue weighted by Crippen LogP contribution is 2.38. The number of anilines is 1. The molecule has 0 bridgehead atoms. The molecule has 2 aromatic rings. The van der Waals surface area contributed by atoms with E-state index in [1.54, 1.807) is 6.08 Å². The van der Waals surface area contributed by atoms with Gasteiger partial charge in [-0.2, -0.15) is 13.2 Å². The highest BCUT2D eigenvalue weighted by Gasteiger charge is 2.45. The second-order valence-electron chi connectivity index (χ2n) is 11.2. The van der Waals surface area contributed by atoms with E-state index < -0.39 is 17.2 Å². The zero-order valence-corrected chi connectivity index (χ0v) is 24.4. The summed E-state index contributed by atoms with van der Waals surface area (Å²) >= 11 is 0. The van der Waals surface area contributed by atoms with Crippen LogP contribution in [0.4, 0.5) is 18.9 Å². The maximum Gasteiger partial charge on any atom is 0.416 e. The largest absolute Gasteiger partial charge is 0.416 e. The van der Waals surface area contributed by atoms with Crippen molar-refractivity contribution in [3.8, 4) is 0 Å². The zero-order chi connectivity index (χ0) is 30.3. The number of rotatable bonds is 8. The molecule has 4 rings (SSSR count). The lowest BCUT2D eigenvalue weighted by Gasteiger charge is -2.43. The molecule has 0 aromatic heterocycles. The smallest absolute Gasteiger partial charge is 0.371 e. The second-order valence-corrected chi connectivity index (χ2v) is 11.2. The van der Waals surface area contributed by atoms with Gasteiger partial charge in [0.05, 0.1) is 17.0 Å². The number of allylic oxidation sites excluding steroid dienone is 3. The number of nitrogens with zero attached hydrogens (tertiary/aromatic N) is 2. The minimum Gasteiger partial charge on any atom is -0.371 e. The number of alkyl halides is 3. The number of amides is 2. The third-order valence-corrected chi connectivity index (χ3v) is 8.70. The fourth-order valence-corrected chi connectivity index (χ4v) is 6.10.